The van der Waals surface area contributed by atoms with E-state index in [-0.39, 0.29) is 0 Å². The van der Waals surface area contributed by atoms with Crippen molar-refractivity contribution < 1.29 is 0 Å². The zero-order valence-electron chi connectivity index (χ0n) is 9.48. The van der Waals surface area contributed by atoms with Gasteiger partial charge in [-0.25, -0.2) is 4.98 Å². The number of piperazine rings is 1. The van der Waals surface area contributed by atoms with Gasteiger partial charge in [0.05, 0.1) is 5.56 Å². The lowest BCUT2D eigenvalue weighted by molar-refractivity contribution is 0.445. The van der Waals surface area contributed by atoms with E-state index in [1.807, 2.05) is 12.1 Å². The highest BCUT2D eigenvalue weighted by atomic mass is 15.2. The molecule has 0 radical (unpaired) electrons. The Labute approximate surface area is 95.9 Å². The summed E-state index contributed by atoms with van der Waals surface area (Å²) in [4.78, 5) is 6.52. The first-order valence-electron chi connectivity index (χ1n) is 5.68. The molecule has 2 rings (SSSR count). The van der Waals surface area contributed by atoms with Gasteiger partial charge in [-0.1, -0.05) is 6.92 Å². The van der Waals surface area contributed by atoms with Crippen molar-refractivity contribution in [3.05, 3.63) is 23.9 Å². The summed E-state index contributed by atoms with van der Waals surface area (Å²) in [5.41, 5.74) is 0.666. The van der Waals surface area contributed by atoms with Crippen LogP contribution in [-0.2, 0) is 0 Å². The minimum absolute atomic E-state index is 0.502. The molecular weight excluding hydrogens is 200 g/mol. The largest absolute Gasteiger partial charge is 0.353 e. The average molecular weight is 216 g/mol. The summed E-state index contributed by atoms with van der Waals surface area (Å²) in [7, 11) is 0. The third-order valence-corrected chi connectivity index (χ3v) is 2.95. The first kappa shape index (κ1) is 10.9. The number of hydrogen-bond acceptors (Lipinski definition) is 4. The lowest BCUT2D eigenvalue weighted by atomic mass is 10.1. The maximum atomic E-state index is 9.04. The van der Waals surface area contributed by atoms with E-state index in [9.17, 15) is 0 Å². The van der Waals surface area contributed by atoms with Gasteiger partial charge in [0.1, 0.15) is 11.9 Å². The number of aromatic nitrogens is 1. The Kier molecular flexibility index (Phi) is 3.37. The normalized spacial score (nSPS) is 20.5. The molecule has 1 aliphatic heterocycles. The van der Waals surface area contributed by atoms with Crippen LogP contribution in [0.3, 0.4) is 0 Å². The van der Waals surface area contributed by atoms with Gasteiger partial charge in [-0.05, 0) is 18.6 Å². The highest BCUT2D eigenvalue weighted by molar-refractivity contribution is 5.53. The number of pyridine rings is 1. The van der Waals surface area contributed by atoms with E-state index < -0.39 is 0 Å². The molecule has 2 heterocycles. The number of nitrogens with one attached hydrogen (secondary N) is 1. The van der Waals surface area contributed by atoms with E-state index in [0.29, 0.717) is 11.6 Å². The fourth-order valence-corrected chi connectivity index (χ4v) is 2.03. The smallest absolute Gasteiger partial charge is 0.146 e. The Morgan fingerprint density at radius 1 is 1.69 bits per heavy atom. The number of anilines is 1. The molecule has 1 aliphatic rings. The van der Waals surface area contributed by atoms with Crippen LogP contribution in [0.5, 0.6) is 0 Å². The van der Waals surface area contributed by atoms with Crippen LogP contribution in [0.4, 0.5) is 5.82 Å². The number of rotatable bonds is 2. The Hall–Kier alpha value is -1.60. The van der Waals surface area contributed by atoms with Crippen molar-refractivity contribution in [2.75, 3.05) is 24.5 Å². The first-order valence-corrected chi connectivity index (χ1v) is 5.68. The van der Waals surface area contributed by atoms with Crippen molar-refractivity contribution in [1.82, 2.24) is 10.3 Å². The molecule has 1 saturated heterocycles. The third kappa shape index (κ3) is 2.15. The van der Waals surface area contributed by atoms with Crippen LogP contribution in [0.15, 0.2) is 18.3 Å². The number of nitrogens with zero attached hydrogens (tertiary/aromatic N) is 3. The van der Waals surface area contributed by atoms with Crippen molar-refractivity contribution in [1.29, 1.82) is 5.26 Å². The van der Waals surface area contributed by atoms with Gasteiger partial charge in [0.2, 0.25) is 0 Å². The molecule has 4 heteroatoms. The van der Waals surface area contributed by atoms with Crippen molar-refractivity contribution in [2.24, 2.45) is 0 Å². The van der Waals surface area contributed by atoms with Crippen molar-refractivity contribution in [2.45, 2.75) is 19.4 Å². The van der Waals surface area contributed by atoms with Crippen LogP contribution >= 0.6 is 0 Å². The van der Waals surface area contributed by atoms with Gasteiger partial charge < -0.3 is 10.2 Å². The molecule has 84 valence electrons. The maximum absolute atomic E-state index is 9.04. The van der Waals surface area contributed by atoms with Crippen LogP contribution < -0.4 is 10.2 Å². The van der Waals surface area contributed by atoms with Gasteiger partial charge in [-0.15, -0.1) is 0 Å². The molecule has 0 bridgehead atoms. The van der Waals surface area contributed by atoms with Gasteiger partial charge in [0, 0.05) is 31.9 Å². The van der Waals surface area contributed by atoms with Crippen LogP contribution in [0.25, 0.3) is 0 Å². The topological polar surface area (TPSA) is 52.0 Å². The lowest BCUT2D eigenvalue weighted by Gasteiger charge is -2.34. The second-order valence-electron chi connectivity index (χ2n) is 3.99. The van der Waals surface area contributed by atoms with Crippen LogP contribution in [-0.4, -0.2) is 30.7 Å². The molecule has 1 atom stereocenters. The third-order valence-electron chi connectivity index (χ3n) is 2.95. The fraction of sp³-hybridized carbons (Fsp3) is 0.500. The van der Waals surface area contributed by atoms with Crippen molar-refractivity contribution in [3.63, 3.8) is 0 Å². The van der Waals surface area contributed by atoms with Crippen molar-refractivity contribution >= 4 is 5.82 Å². The van der Waals surface area contributed by atoms with Crippen molar-refractivity contribution in [3.8, 4) is 6.07 Å². The van der Waals surface area contributed by atoms with Gasteiger partial charge in [-0.3, -0.25) is 0 Å². The van der Waals surface area contributed by atoms with E-state index in [2.05, 4.69) is 28.2 Å². The Morgan fingerprint density at radius 3 is 3.31 bits per heavy atom. The predicted molar refractivity (Wildman–Crippen MR) is 63.2 cm³/mol. The molecule has 0 aliphatic carbocycles. The molecule has 0 spiro atoms. The summed E-state index contributed by atoms with van der Waals surface area (Å²) in [5.74, 6) is 0.824. The summed E-state index contributed by atoms with van der Waals surface area (Å²) in [6, 6.07) is 6.34. The lowest BCUT2D eigenvalue weighted by Crippen LogP contribution is -2.50. The number of nitriles is 1. The summed E-state index contributed by atoms with van der Waals surface area (Å²) in [6.45, 7) is 4.98. The fourth-order valence-electron chi connectivity index (χ4n) is 2.03. The quantitative estimate of drug-likeness (QED) is 0.805. The second kappa shape index (κ2) is 4.95. The van der Waals surface area contributed by atoms with Gasteiger partial charge in [0.25, 0.3) is 0 Å². The van der Waals surface area contributed by atoms with Crippen LogP contribution in [0, 0.1) is 11.3 Å². The summed E-state index contributed by atoms with van der Waals surface area (Å²) in [6.07, 6.45) is 2.85. The van der Waals surface area contributed by atoms with E-state index in [0.717, 1.165) is 31.9 Å². The molecule has 4 nitrogen and oxygen atoms in total. The molecule has 16 heavy (non-hydrogen) atoms. The minimum Gasteiger partial charge on any atom is -0.353 e. The molecule has 0 saturated carbocycles. The maximum Gasteiger partial charge on any atom is 0.146 e. The molecule has 0 amide bonds. The molecule has 1 aromatic rings. The zero-order valence-corrected chi connectivity index (χ0v) is 9.48. The standard InChI is InChI=1S/C12H16N4/c1-2-11-9-16(7-6-14-11)12-10(8-13)4-3-5-15-12/h3-5,11,14H,2,6-7,9H2,1H3. The van der Waals surface area contributed by atoms with E-state index in [1.54, 1.807) is 6.20 Å². The Balaban J connectivity index is 2.20. The minimum atomic E-state index is 0.502. The Bertz CT molecular complexity index is 396. The molecule has 1 N–H and O–H groups in total. The summed E-state index contributed by atoms with van der Waals surface area (Å²) < 4.78 is 0. The average Bonchev–Trinajstić information content (AvgIpc) is 2.38. The summed E-state index contributed by atoms with van der Waals surface area (Å²) in [5, 5.41) is 12.5. The zero-order chi connectivity index (χ0) is 11.4. The Morgan fingerprint density at radius 2 is 2.56 bits per heavy atom. The van der Waals surface area contributed by atoms with Gasteiger partial charge in [0.15, 0.2) is 0 Å². The monoisotopic (exact) mass is 216 g/mol. The molecule has 1 aromatic heterocycles. The molecule has 1 unspecified atom stereocenters. The van der Waals surface area contributed by atoms with Crippen LogP contribution in [0.2, 0.25) is 0 Å². The predicted octanol–water partition coefficient (Wildman–Crippen LogP) is 1.14. The van der Waals surface area contributed by atoms with Crippen LogP contribution in [0.1, 0.15) is 18.9 Å². The molecule has 1 fully saturated rings. The highest BCUT2D eigenvalue weighted by Crippen LogP contribution is 2.18. The highest BCUT2D eigenvalue weighted by Gasteiger charge is 2.20. The van der Waals surface area contributed by atoms with E-state index >= 15 is 0 Å². The molecule has 0 aromatic carbocycles. The van der Waals surface area contributed by atoms with Gasteiger partial charge in [-0.2, -0.15) is 5.26 Å². The SMILES string of the molecule is CCC1CN(c2ncccc2C#N)CCN1. The van der Waals surface area contributed by atoms with E-state index in [4.69, 9.17) is 5.26 Å². The summed E-state index contributed by atoms with van der Waals surface area (Å²) >= 11 is 0. The second-order valence-corrected chi connectivity index (χ2v) is 3.99. The van der Waals surface area contributed by atoms with E-state index in [1.165, 1.54) is 0 Å². The molecular formula is C12H16N4. The van der Waals surface area contributed by atoms with Gasteiger partial charge >= 0.3 is 0 Å². The number of hydrogen-bond donors (Lipinski definition) is 1. The first-order chi connectivity index (χ1) is 7.85.